The van der Waals surface area contributed by atoms with Gasteiger partial charge in [0.1, 0.15) is 6.04 Å². The van der Waals surface area contributed by atoms with Gasteiger partial charge in [-0.1, -0.05) is 42.5 Å². The number of carbonyl (C=O) groups excluding carboxylic acids is 3. The summed E-state index contributed by atoms with van der Waals surface area (Å²) in [5, 5.41) is 2.93. The van der Waals surface area contributed by atoms with Crippen LogP contribution in [0.15, 0.2) is 78.3 Å². The molecular formula is C25H21N3O3S. The molecule has 0 radical (unpaired) electrons. The average molecular weight is 444 g/mol. The molecule has 0 aliphatic carbocycles. The number of H-pyrrole nitrogens is 1. The van der Waals surface area contributed by atoms with E-state index in [2.05, 4.69) is 4.98 Å². The molecule has 1 unspecified atom stereocenters. The molecule has 1 N–H and O–H groups in total. The lowest BCUT2D eigenvalue weighted by Gasteiger charge is -2.27. The number of rotatable bonds is 6. The van der Waals surface area contributed by atoms with Crippen molar-refractivity contribution in [2.45, 2.75) is 18.9 Å². The van der Waals surface area contributed by atoms with Crippen LogP contribution < -0.4 is 4.90 Å². The molecule has 1 aliphatic rings. The number of aromatic amines is 1. The summed E-state index contributed by atoms with van der Waals surface area (Å²) in [4.78, 5) is 46.0. The minimum atomic E-state index is -0.817. The third-order valence-electron chi connectivity index (χ3n) is 5.80. The highest BCUT2D eigenvalue weighted by atomic mass is 32.1. The summed E-state index contributed by atoms with van der Waals surface area (Å²) in [6.07, 6.45) is 2.50. The van der Waals surface area contributed by atoms with E-state index in [1.54, 1.807) is 35.2 Å². The van der Waals surface area contributed by atoms with Crippen LogP contribution in [-0.4, -0.2) is 40.2 Å². The Morgan fingerprint density at radius 1 is 1.03 bits per heavy atom. The normalized spacial score (nSPS) is 16.1. The lowest BCUT2D eigenvalue weighted by Crippen LogP contribution is -2.46. The van der Waals surface area contributed by atoms with Gasteiger partial charge in [-0.05, 0) is 41.6 Å². The summed E-state index contributed by atoms with van der Waals surface area (Å²) >= 11 is 1.34. The zero-order chi connectivity index (χ0) is 22.1. The van der Waals surface area contributed by atoms with Crippen molar-refractivity contribution in [3.8, 4) is 0 Å². The number of fused-ring (bicyclic) bond motifs is 1. The second-order valence-corrected chi connectivity index (χ2v) is 8.66. The summed E-state index contributed by atoms with van der Waals surface area (Å²) in [5.41, 5.74) is 2.63. The van der Waals surface area contributed by atoms with E-state index in [9.17, 15) is 14.4 Å². The highest BCUT2D eigenvalue weighted by Crippen LogP contribution is 2.28. The summed E-state index contributed by atoms with van der Waals surface area (Å²) in [6, 6.07) is 19.6. The van der Waals surface area contributed by atoms with Crippen molar-refractivity contribution in [1.82, 2.24) is 9.88 Å². The molecule has 0 bridgehead atoms. The van der Waals surface area contributed by atoms with Crippen LogP contribution in [-0.2, 0) is 16.0 Å². The Bertz CT molecular complexity index is 1280. The van der Waals surface area contributed by atoms with Crippen molar-refractivity contribution < 1.29 is 14.4 Å². The molecule has 6 nitrogen and oxygen atoms in total. The fraction of sp³-hybridized carbons (Fsp3) is 0.160. The zero-order valence-corrected chi connectivity index (χ0v) is 18.0. The van der Waals surface area contributed by atoms with Crippen LogP contribution >= 0.6 is 11.3 Å². The number of nitrogens with one attached hydrogen (secondary N) is 1. The smallest absolute Gasteiger partial charge is 0.264 e. The number of hydrogen-bond donors (Lipinski definition) is 1. The van der Waals surface area contributed by atoms with Crippen molar-refractivity contribution in [2.75, 3.05) is 11.4 Å². The second kappa shape index (κ2) is 8.43. The van der Waals surface area contributed by atoms with E-state index >= 15 is 0 Å². The van der Waals surface area contributed by atoms with Crippen LogP contribution in [0.3, 0.4) is 0 Å². The molecule has 5 rings (SSSR count). The molecule has 2 aromatic carbocycles. The predicted octanol–water partition coefficient (Wildman–Crippen LogP) is 4.25. The third-order valence-corrected chi connectivity index (χ3v) is 6.66. The third kappa shape index (κ3) is 3.61. The first-order chi connectivity index (χ1) is 15.6. The maximum Gasteiger partial charge on any atom is 0.264 e. The molecule has 0 saturated carbocycles. The number of nitrogens with zero attached hydrogens (tertiary/aromatic N) is 2. The number of amides is 3. The summed E-state index contributed by atoms with van der Waals surface area (Å²) in [7, 11) is 0. The molecule has 3 heterocycles. The van der Waals surface area contributed by atoms with Crippen molar-refractivity contribution >= 4 is 45.6 Å². The molecule has 1 atom stereocenters. The standard InChI is InChI=1S/C25H21N3O3S/c29-23-15-21(24(30)28(23)18-7-2-1-3-8-18)27(25(31)22-11-6-14-32-22)13-12-17-16-26-20-10-5-4-9-19(17)20/h1-11,14,16,21,26H,12-13,15H2. The predicted molar refractivity (Wildman–Crippen MR) is 125 cm³/mol. The lowest BCUT2D eigenvalue weighted by atomic mass is 10.1. The van der Waals surface area contributed by atoms with Crippen molar-refractivity contribution in [1.29, 1.82) is 0 Å². The highest BCUT2D eigenvalue weighted by Gasteiger charge is 2.44. The number of anilines is 1. The molecule has 160 valence electrons. The molecule has 32 heavy (non-hydrogen) atoms. The molecule has 1 saturated heterocycles. The van der Waals surface area contributed by atoms with Gasteiger partial charge < -0.3 is 9.88 Å². The Kier molecular flexibility index (Phi) is 5.33. The lowest BCUT2D eigenvalue weighted by molar-refractivity contribution is -0.122. The zero-order valence-electron chi connectivity index (χ0n) is 17.2. The molecule has 0 spiro atoms. The van der Waals surface area contributed by atoms with E-state index in [4.69, 9.17) is 0 Å². The number of thiophene rings is 1. The number of hydrogen-bond acceptors (Lipinski definition) is 4. The van der Waals surface area contributed by atoms with E-state index in [1.165, 1.54) is 16.2 Å². The van der Waals surface area contributed by atoms with Crippen LogP contribution in [0.2, 0.25) is 0 Å². The number of carbonyl (C=O) groups is 3. The number of benzene rings is 2. The number of aromatic nitrogens is 1. The van der Waals surface area contributed by atoms with Crippen molar-refractivity contribution in [3.63, 3.8) is 0 Å². The van der Waals surface area contributed by atoms with Crippen molar-refractivity contribution in [3.05, 3.63) is 88.7 Å². The topological polar surface area (TPSA) is 73.5 Å². The first-order valence-corrected chi connectivity index (χ1v) is 11.3. The fourth-order valence-corrected chi connectivity index (χ4v) is 4.91. The Hall–Kier alpha value is -3.71. The summed E-state index contributed by atoms with van der Waals surface area (Å²) < 4.78 is 0. The van der Waals surface area contributed by atoms with Gasteiger partial charge >= 0.3 is 0 Å². The maximum atomic E-state index is 13.4. The molecular weight excluding hydrogens is 422 g/mol. The summed E-state index contributed by atoms with van der Waals surface area (Å²) in [5.74, 6) is -0.867. The van der Waals surface area contributed by atoms with E-state index in [0.717, 1.165) is 16.5 Å². The van der Waals surface area contributed by atoms with Crippen LogP contribution in [0.1, 0.15) is 21.7 Å². The molecule has 1 fully saturated rings. The monoisotopic (exact) mass is 443 g/mol. The van der Waals surface area contributed by atoms with E-state index in [1.807, 2.05) is 48.0 Å². The Labute approximate surface area is 189 Å². The van der Waals surface area contributed by atoms with Gasteiger partial charge in [-0.2, -0.15) is 0 Å². The summed E-state index contributed by atoms with van der Waals surface area (Å²) in [6.45, 7) is 0.338. The molecule has 7 heteroatoms. The first-order valence-electron chi connectivity index (χ1n) is 10.4. The molecule has 1 aliphatic heterocycles. The fourth-order valence-electron chi connectivity index (χ4n) is 4.23. The minimum absolute atomic E-state index is 0.0152. The van der Waals surface area contributed by atoms with Crippen LogP contribution in [0, 0.1) is 0 Å². The van der Waals surface area contributed by atoms with Crippen LogP contribution in [0.25, 0.3) is 10.9 Å². The van der Waals surface area contributed by atoms with Gasteiger partial charge in [0.25, 0.3) is 11.8 Å². The minimum Gasteiger partial charge on any atom is -0.361 e. The van der Waals surface area contributed by atoms with Gasteiger partial charge in [0, 0.05) is 23.6 Å². The van der Waals surface area contributed by atoms with Gasteiger partial charge in [0.15, 0.2) is 0 Å². The maximum absolute atomic E-state index is 13.4. The molecule has 4 aromatic rings. The van der Waals surface area contributed by atoms with E-state index < -0.39 is 6.04 Å². The molecule has 2 aromatic heterocycles. The van der Waals surface area contributed by atoms with Crippen LogP contribution in [0.5, 0.6) is 0 Å². The average Bonchev–Trinajstić information content (AvgIpc) is 3.55. The SMILES string of the molecule is O=C1CC(N(CCc2c[nH]c3ccccc23)C(=O)c2cccs2)C(=O)N1c1ccccc1. The van der Waals surface area contributed by atoms with E-state index in [0.29, 0.717) is 23.5 Å². The highest BCUT2D eigenvalue weighted by molar-refractivity contribution is 7.12. The van der Waals surface area contributed by atoms with Crippen LogP contribution in [0.4, 0.5) is 5.69 Å². The Morgan fingerprint density at radius 3 is 2.59 bits per heavy atom. The largest absolute Gasteiger partial charge is 0.361 e. The van der Waals surface area contributed by atoms with E-state index in [-0.39, 0.29) is 24.1 Å². The van der Waals surface area contributed by atoms with Gasteiger partial charge in [-0.25, -0.2) is 4.90 Å². The Morgan fingerprint density at radius 2 is 1.81 bits per heavy atom. The number of para-hydroxylation sites is 2. The molecule has 3 amide bonds. The van der Waals surface area contributed by atoms with Crippen molar-refractivity contribution in [2.24, 2.45) is 0 Å². The second-order valence-electron chi connectivity index (χ2n) is 7.71. The quantitative estimate of drug-likeness (QED) is 0.453. The van der Waals surface area contributed by atoms with Gasteiger partial charge in [-0.15, -0.1) is 11.3 Å². The first kappa shape index (κ1) is 20.2. The number of imide groups is 1. The van der Waals surface area contributed by atoms with Gasteiger partial charge in [-0.3, -0.25) is 14.4 Å². The Balaban J connectivity index is 1.44. The van der Waals surface area contributed by atoms with Gasteiger partial charge in [0.2, 0.25) is 5.91 Å². The van der Waals surface area contributed by atoms with Gasteiger partial charge in [0.05, 0.1) is 17.0 Å².